The van der Waals surface area contributed by atoms with E-state index < -0.39 is 5.82 Å². The Bertz CT molecular complexity index is 565. The topological polar surface area (TPSA) is 12.0 Å². The van der Waals surface area contributed by atoms with Crippen molar-refractivity contribution in [3.63, 3.8) is 0 Å². The maximum Gasteiger partial charge on any atom is 0.132 e. The van der Waals surface area contributed by atoms with Gasteiger partial charge in [-0.2, -0.15) is 0 Å². The lowest BCUT2D eigenvalue weighted by Crippen LogP contribution is -2.20. The van der Waals surface area contributed by atoms with Gasteiger partial charge in [-0.1, -0.05) is 13.8 Å². The van der Waals surface area contributed by atoms with Gasteiger partial charge in [0.1, 0.15) is 11.6 Å². The third kappa shape index (κ3) is 3.44. The molecule has 1 atom stereocenters. The molecule has 1 N–H and O–H groups in total. The first kappa shape index (κ1) is 15.1. The van der Waals surface area contributed by atoms with Gasteiger partial charge in [0.25, 0.3) is 0 Å². The molecule has 0 radical (unpaired) electrons. The minimum Gasteiger partial charge on any atom is -0.309 e. The van der Waals surface area contributed by atoms with Crippen LogP contribution in [0.3, 0.4) is 0 Å². The van der Waals surface area contributed by atoms with E-state index in [-0.39, 0.29) is 11.9 Å². The van der Waals surface area contributed by atoms with Crippen LogP contribution in [0.15, 0.2) is 30.3 Å². The van der Waals surface area contributed by atoms with Crippen molar-refractivity contribution in [2.75, 3.05) is 6.54 Å². The van der Waals surface area contributed by atoms with Gasteiger partial charge in [-0.05, 0) is 49.7 Å². The van der Waals surface area contributed by atoms with Crippen LogP contribution >= 0.6 is 11.3 Å². The lowest BCUT2D eigenvalue weighted by atomic mass is 10.1. The quantitative estimate of drug-likeness (QED) is 0.777. The maximum absolute atomic E-state index is 13.8. The number of hydrogen-bond donors (Lipinski definition) is 1. The second-order valence-electron chi connectivity index (χ2n) is 4.74. The Morgan fingerprint density at radius 3 is 2.65 bits per heavy atom. The molecule has 2 rings (SSSR count). The Balaban J connectivity index is 2.25. The van der Waals surface area contributed by atoms with Crippen molar-refractivity contribution in [1.82, 2.24) is 5.32 Å². The second kappa shape index (κ2) is 6.95. The van der Waals surface area contributed by atoms with Crippen LogP contribution in [-0.4, -0.2) is 6.54 Å². The zero-order chi connectivity index (χ0) is 14.5. The third-order valence-corrected chi connectivity index (χ3v) is 4.45. The highest BCUT2D eigenvalue weighted by Gasteiger charge is 2.14. The molecule has 20 heavy (non-hydrogen) atoms. The molecule has 1 unspecified atom stereocenters. The fraction of sp³-hybridized carbons (Fsp3) is 0.375. The van der Waals surface area contributed by atoms with Crippen molar-refractivity contribution in [3.8, 4) is 10.4 Å². The predicted molar refractivity (Wildman–Crippen MR) is 81.0 cm³/mol. The minimum absolute atomic E-state index is 0.283. The average Bonchev–Trinajstić information content (AvgIpc) is 2.92. The molecule has 1 aromatic carbocycles. The molecule has 0 aliphatic rings. The molecular weight excluding hydrogens is 276 g/mol. The lowest BCUT2D eigenvalue weighted by Gasteiger charge is -2.14. The summed E-state index contributed by atoms with van der Waals surface area (Å²) < 4.78 is 27.0. The smallest absolute Gasteiger partial charge is 0.132 e. The van der Waals surface area contributed by atoms with E-state index in [9.17, 15) is 8.78 Å². The van der Waals surface area contributed by atoms with E-state index >= 15 is 0 Å². The molecule has 108 valence electrons. The molecule has 0 saturated heterocycles. The number of benzene rings is 1. The van der Waals surface area contributed by atoms with Gasteiger partial charge < -0.3 is 5.32 Å². The standard InChI is InChI=1S/C16H19F2NS/c1-3-9-19-14(4-2)16-8-7-15(20-16)12-10-11(17)5-6-13(12)18/h5-8,10,14,19H,3-4,9H2,1-2H3. The molecule has 0 saturated carbocycles. The molecular formula is C16H19F2NS. The summed E-state index contributed by atoms with van der Waals surface area (Å²) in [4.78, 5) is 1.94. The Morgan fingerprint density at radius 2 is 1.95 bits per heavy atom. The third-order valence-electron chi connectivity index (χ3n) is 3.21. The van der Waals surface area contributed by atoms with Crippen LogP contribution in [0.25, 0.3) is 10.4 Å². The highest BCUT2D eigenvalue weighted by Crippen LogP contribution is 2.34. The van der Waals surface area contributed by atoms with Crippen molar-refractivity contribution in [2.24, 2.45) is 0 Å². The zero-order valence-electron chi connectivity index (χ0n) is 11.7. The van der Waals surface area contributed by atoms with Crippen molar-refractivity contribution >= 4 is 11.3 Å². The normalized spacial score (nSPS) is 12.6. The fourth-order valence-corrected chi connectivity index (χ4v) is 3.32. The molecule has 0 aliphatic heterocycles. The molecule has 0 bridgehead atoms. The van der Waals surface area contributed by atoms with E-state index in [0.29, 0.717) is 5.56 Å². The van der Waals surface area contributed by atoms with Crippen LogP contribution < -0.4 is 5.32 Å². The fourth-order valence-electron chi connectivity index (χ4n) is 2.14. The second-order valence-corrected chi connectivity index (χ2v) is 5.86. The molecule has 0 spiro atoms. The van der Waals surface area contributed by atoms with Gasteiger partial charge in [0, 0.05) is 21.4 Å². The number of rotatable bonds is 6. The van der Waals surface area contributed by atoms with Crippen LogP contribution in [0.2, 0.25) is 0 Å². The van der Waals surface area contributed by atoms with E-state index in [1.165, 1.54) is 28.3 Å². The van der Waals surface area contributed by atoms with E-state index in [1.807, 2.05) is 12.1 Å². The van der Waals surface area contributed by atoms with Crippen molar-refractivity contribution in [2.45, 2.75) is 32.7 Å². The van der Waals surface area contributed by atoms with Gasteiger partial charge in [-0.3, -0.25) is 0 Å². The Morgan fingerprint density at radius 1 is 1.15 bits per heavy atom. The monoisotopic (exact) mass is 295 g/mol. The van der Waals surface area contributed by atoms with E-state index in [1.54, 1.807) is 0 Å². The summed E-state index contributed by atoms with van der Waals surface area (Å²) in [6, 6.07) is 7.73. The predicted octanol–water partition coefficient (Wildman–Crippen LogP) is 5.14. The summed E-state index contributed by atoms with van der Waals surface area (Å²) >= 11 is 1.52. The Kier molecular flexibility index (Phi) is 5.26. The van der Waals surface area contributed by atoms with Gasteiger partial charge in [0.15, 0.2) is 0 Å². The summed E-state index contributed by atoms with van der Waals surface area (Å²) in [5, 5.41) is 3.47. The summed E-state index contributed by atoms with van der Waals surface area (Å²) in [7, 11) is 0. The molecule has 0 aliphatic carbocycles. The first-order chi connectivity index (χ1) is 9.65. The summed E-state index contributed by atoms with van der Waals surface area (Å²) in [5.74, 6) is -0.790. The molecule has 1 heterocycles. The van der Waals surface area contributed by atoms with Crippen LogP contribution in [0.1, 0.15) is 37.6 Å². The largest absolute Gasteiger partial charge is 0.309 e. The maximum atomic E-state index is 13.8. The molecule has 1 aromatic heterocycles. The number of halogens is 2. The van der Waals surface area contributed by atoms with E-state index in [4.69, 9.17) is 0 Å². The number of hydrogen-bond acceptors (Lipinski definition) is 2. The molecule has 0 fully saturated rings. The van der Waals surface area contributed by atoms with Gasteiger partial charge in [0.2, 0.25) is 0 Å². The van der Waals surface area contributed by atoms with Crippen LogP contribution in [0.4, 0.5) is 8.78 Å². The average molecular weight is 295 g/mol. The van der Waals surface area contributed by atoms with Gasteiger partial charge in [-0.15, -0.1) is 11.3 Å². The van der Waals surface area contributed by atoms with Gasteiger partial charge in [-0.25, -0.2) is 8.78 Å². The van der Waals surface area contributed by atoms with Gasteiger partial charge >= 0.3 is 0 Å². The minimum atomic E-state index is -0.410. The molecule has 2 aromatic rings. The highest BCUT2D eigenvalue weighted by atomic mass is 32.1. The van der Waals surface area contributed by atoms with E-state index in [0.717, 1.165) is 30.3 Å². The van der Waals surface area contributed by atoms with Crippen LogP contribution in [0.5, 0.6) is 0 Å². The van der Waals surface area contributed by atoms with Crippen LogP contribution in [-0.2, 0) is 0 Å². The number of nitrogens with one attached hydrogen (secondary N) is 1. The first-order valence-corrected chi connectivity index (χ1v) is 7.75. The molecule has 0 amide bonds. The molecule has 4 heteroatoms. The zero-order valence-corrected chi connectivity index (χ0v) is 12.6. The summed E-state index contributed by atoms with van der Waals surface area (Å²) in [6.45, 7) is 5.21. The first-order valence-electron chi connectivity index (χ1n) is 6.94. The highest BCUT2D eigenvalue weighted by molar-refractivity contribution is 7.15. The Labute approximate surface area is 122 Å². The van der Waals surface area contributed by atoms with Gasteiger partial charge in [0.05, 0.1) is 0 Å². The summed E-state index contributed by atoms with van der Waals surface area (Å²) in [6.07, 6.45) is 2.05. The van der Waals surface area contributed by atoms with E-state index in [2.05, 4.69) is 19.2 Å². The van der Waals surface area contributed by atoms with Crippen molar-refractivity contribution in [3.05, 3.63) is 46.8 Å². The van der Waals surface area contributed by atoms with Crippen molar-refractivity contribution < 1.29 is 8.78 Å². The number of thiophene rings is 1. The Hall–Kier alpha value is -1.26. The van der Waals surface area contributed by atoms with Crippen LogP contribution in [0, 0.1) is 11.6 Å². The molecule has 1 nitrogen and oxygen atoms in total. The lowest BCUT2D eigenvalue weighted by molar-refractivity contribution is 0.525. The van der Waals surface area contributed by atoms with Crippen molar-refractivity contribution in [1.29, 1.82) is 0 Å². The summed E-state index contributed by atoms with van der Waals surface area (Å²) in [5.41, 5.74) is 0.339. The SMILES string of the molecule is CCCNC(CC)c1ccc(-c2cc(F)ccc2F)s1.